The minimum atomic E-state index is -0.126. The van der Waals surface area contributed by atoms with Crippen LogP contribution in [0.1, 0.15) is 36.0 Å². The second-order valence-corrected chi connectivity index (χ2v) is 5.92. The fourth-order valence-electron chi connectivity index (χ4n) is 2.42. The molecular formula is C18H18ClN3O2. The van der Waals surface area contributed by atoms with E-state index in [-0.39, 0.29) is 11.9 Å². The average Bonchev–Trinajstić information content (AvgIpc) is 2.99. The Morgan fingerprint density at radius 1 is 1.29 bits per heavy atom. The molecule has 5 nitrogen and oxygen atoms in total. The molecule has 3 aromatic rings. The van der Waals surface area contributed by atoms with E-state index in [2.05, 4.69) is 15.6 Å². The summed E-state index contributed by atoms with van der Waals surface area (Å²) in [5.74, 6) is 1.34. The van der Waals surface area contributed by atoms with E-state index in [4.69, 9.17) is 16.0 Å². The number of amides is 1. The van der Waals surface area contributed by atoms with Gasteiger partial charge in [-0.1, -0.05) is 11.6 Å². The summed E-state index contributed by atoms with van der Waals surface area (Å²) in [6, 6.07) is 10.9. The zero-order valence-electron chi connectivity index (χ0n) is 13.5. The van der Waals surface area contributed by atoms with Crippen LogP contribution in [0.2, 0.25) is 5.02 Å². The first-order valence-corrected chi connectivity index (χ1v) is 8.14. The first kappa shape index (κ1) is 16.3. The lowest BCUT2D eigenvalue weighted by Crippen LogP contribution is -2.22. The number of hydrogen-bond donors (Lipinski definition) is 2. The number of halogens is 1. The SMILES string of the molecule is CCNC(=O)c1ccc(NC(C)c2cc3cc(Cl)ccc3o2)nc1. The Hall–Kier alpha value is -2.53. The number of pyridine rings is 1. The van der Waals surface area contributed by atoms with Crippen molar-refractivity contribution in [3.05, 3.63) is 58.9 Å². The van der Waals surface area contributed by atoms with E-state index in [0.717, 1.165) is 16.7 Å². The van der Waals surface area contributed by atoms with Gasteiger partial charge in [0.15, 0.2) is 0 Å². The van der Waals surface area contributed by atoms with Gasteiger partial charge in [0, 0.05) is 23.2 Å². The summed E-state index contributed by atoms with van der Waals surface area (Å²) in [4.78, 5) is 16.0. The van der Waals surface area contributed by atoms with Crippen LogP contribution in [0.25, 0.3) is 11.0 Å². The summed E-state index contributed by atoms with van der Waals surface area (Å²) in [7, 11) is 0. The summed E-state index contributed by atoms with van der Waals surface area (Å²) in [5.41, 5.74) is 1.33. The molecule has 1 atom stereocenters. The van der Waals surface area contributed by atoms with Gasteiger partial charge in [0.25, 0.3) is 5.91 Å². The maximum Gasteiger partial charge on any atom is 0.252 e. The maximum atomic E-state index is 11.7. The second-order valence-electron chi connectivity index (χ2n) is 5.49. The van der Waals surface area contributed by atoms with E-state index < -0.39 is 0 Å². The van der Waals surface area contributed by atoms with Gasteiger partial charge >= 0.3 is 0 Å². The largest absolute Gasteiger partial charge is 0.459 e. The van der Waals surface area contributed by atoms with Crippen LogP contribution in [0.15, 0.2) is 47.0 Å². The molecule has 0 spiro atoms. The zero-order valence-corrected chi connectivity index (χ0v) is 14.2. The van der Waals surface area contributed by atoms with Crippen LogP contribution in [-0.2, 0) is 0 Å². The van der Waals surface area contributed by atoms with E-state index in [1.165, 1.54) is 0 Å². The van der Waals surface area contributed by atoms with Crippen LogP contribution in [0, 0.1) is 0 Å². The number of nitrogens with zero attached hydrogens (tertiary/aromatic N) is 1. The molecule has 1 unspecified atom stereocenters. The monoisotopic (exact) mass is 343 g/mol. The number of carbonyl (C=O) groups is 1. The van der Waals surface area contributed by atoms with Gasteiger partial charge in [0.05, 0.1) is 11.6 Å². The molecule has 0 fully saturated rings. The molecule has 0 aliphatic rings. The number of aromatic nitrogens is 1. The molecule has 0 bridgehead atoms. The normalized spacial score (nSPS) is 12.1. The Labute approximate surface area is 145 Å². The Morgan fingerprint density at radius 2 is 2.12 bits per heavy atom. The van der Waals surface area contributed by atoms with Gasteiger partial charge in [0.2, 0.25) is 0 Å². The van der Waals surface area contributed by atoms with Crippen molar-refractivity contribution in [2.45, 2.75) is 19.9 Å². The molecule has 2 heterocycles. The molecule has 0 saturated carbocycles. The fourth-order valence-corrected chi connectivity index (χ4v) is 2.60. The second kappa shape index (κ2) is 6.93. The van der Waals surface area contributed by atoms with Crippen molar-refractivity contribution in [2.75, 3.05) is 11.9 Å². The number of fused-ring (bicyclic) bond motifs is 1. The van der Waals surface area contributed by atoms with Crippen LogP contribution in [0.5, 0.6) is 0 Å². The molecule has 0 aliphatic heterocycles. The smallest absolute Gasteiger partial charge is 0.252 e. The summed E-state index contributed by atoms with van der Waals surface area (Å²) in [6.07, 6.45) is 1.55. The van der Waals surface area contributed by atoms with Crippen LogP contribution < -0.4 is 10.6 Å². The molecule has 2 N–H and O–H groups in total. The summed E-state index contributed by atoms with van der Waals surface area (Å²) < 4.78 is 5.84. The van der Waals surface area contributed by atoms with E-state index in [1.807, 2.05) is 32.0 Å². The van der Waals surface area contributed by atoms with Crippen LogP contribution >= 0.6 is 11.6 Å². The highest BCUT2D eigenvalue weighted by Crippen LogP contribution is 2.27. The van der Waals surface area contributed by atoms with Crippen molar-refractivity contribution in [1.29, 1.82) is 0 Å². The Kier molecular flexibility index (Phi) is 4.71. The van der Waals surface area contributed by atoms with Gasteiger partial charge in [-0.2, -0.15) is 0 Å². The number of nitrogens with one attached hydrogen (secondary N) is 2. The topological polar surface area (TPSA) is 67.2 Å². The van der Waals surface area contributed by atoms with Crippen LogP contribution in [0.4, 0.5) is 5.82 Å². The van der Waals surface area contributed by atoms with Crippen molar-refractivity contribution in [3.8, 4) is 0 Å². The first-order chi connectivity index (χ1) is 11.6. The molecule has 2 aromatic heterocycles. The molecule has 3 rings (SSSR count). The Balaban J connectivity index is 1.73. The predicted octanol–water partition coefficient (Wildman–Crippen LogP) is 4.40. The van der Waals surface area contributed by atoms with Gasteiger partial charge < -0.3 is 15.1 Å². The number of furan rings is 1. The average molecular weight is 344 g/mol. The van der Waals surface area contributed by atoms with Gasteiger partial charge in [0.1, 0.15) is 17.2 Å². The van der Waals surface area contributed by atoms with Gasteiger partial charge in [-0.15, -0.1) is 0 Å². The highest BCUT2D eigenvalue weighted by Gasteiger charge is 2.13. The third kappa shape index (κ3) is 3.51. The molecule has 0 radical (unpaired) electrons. The molecule has 1 amide bonds. The van der Waals surface area contributed by atoms with Crippen LogP contribution in [0.3, 0.4) is 0 Å². The molecule has 1 aromatic carbocycles. The predicted molar refractivity (Wildman–Crippen MR) is 95.5 cm³/mol. The highest BCUT2D eigenvalue weighted by molar-refractivity contribution is 6.31. The number of anilines is 1. The van der Waals surface area contributed by atoms with Crippen molar-refractivity contribution < 1.29 is 9.21 Å². The van der Waals surface area contributed by atoms with E-state index in [1.54, 1.807) is 24.4 Å². The molecule has 0 saturated heterocycles. The molecule has 24 heavy (non-hydrogen) atoms. The maximum absolute atomic E-state index is 11.7. The van der Waals surface area contributed by atoms with Gasteiger partial charge in [-0.05, 0) is 50.2 Å². The molecule has 6 heteroatoms. The Bertz CT molecular complexity index is 858. The lowest BCUT2D eigenvalue weighted by molar-refractivity contribution is 0.0955. The fraction of sp³-hybridized carbons (Fsp3) is 0.222. The third-order valence-electron chi connectivity index (χ3n) is 3.65. The molecule has 0 aliphatic carbocycles. The number of benzene rings is 1. The third-order valence-corrected chi connectivity index (χ3v) is 3.89. The molecule has 124 valence electrons. The van der Waals surface area contributed by atoms with Crippen molar-refractivity contribution in [2.24, 2.45) is 0 Å². The number of carbonyl (C=O) groups excluding carboxylic acids is 1. The Morgan fingerprint density at radius 3 is 2.83 bits per heavy atom. The van der Waals surface area contributed by atoms with E-state index in [9.17, 15) is 4.79 Å². The number of hydrogen-bond acceptors (Lipinski definition) is 4. The summed E-state index contributed by atoms with van der Waals surface area (Å²) in [6.45, 7) is 4.45. The van der Waals surface area contributed by atoms with E-state index >= 15 is 0 Å². The standard InChI is InChI=1S/C18H18ClN3O2/c1-3-20-18(23)12-4-7-17(21-10-12)22-11(2)16-9-13-8-14(19)5-6-15(13)24-16/h4-11H,3H2,1-2H3,(H,20,23)(H,21,22). The van der Waals surface area contributed by atoms with Crippen LogP contribution in [-0.4, -0.2) is 17.4 Å². The first-order valence-electron chi connectivity index (χ1n) is 7.76. The van der Waals surface area contributed by atoms with Crippen molar-refractivity contribution in [3.63, 3.8) is 0 Å². The van der Waals surface area contributed by atoms with E-state index in [0.29, 0.717) is 22.9 Å². The van der Waals surface area contributed by atoms with Gasteiger partial charge in [-0.25, -0.2) is 4.98 Å². The van der Waals surface area contributed by atoms with Crippen molar-refractivity contribution >= 4 is 34.3 Å². The quantitative estimate of drug-likeness (QED) is 0.720. The highest BCUT2D eigenvalue weighted by atomic mass is 35.5. The van der Waals surface area contributed by atoms with Crippen molar-refractivity contribution in [1.82, 2.24) is 10.3 Å². The molecular weight excluding hydrogens is 326 g/mol. The number of rotatable bonds is 5. The van der Waals surface area contributed by atoms with Gasteiger partial charge in [-0.3, -0.25) is 4.79 Å². The zero-order chi connectivity index (χ0) is 17.1. The summed E-state index contributed by atoms with van der Waals surface area (Å²) >= 11 is 6.00. The minimum absolute atomic E-state index is 0.0704. The minimum Gasteiger partial charge on any atom is -0.459 e. The lowest BCUT2D eigenvalue weighted by atomic mass is 10.2. The lowest BCUT2D eigenvalue weighted by Gasteiger charge is -2.12. The summed E-state index contributed by atoms with van der Waals surface area (Å²) in [5, 5.41) is 7.65.